The van der Waals surface area contributed by atoms with Gasteiger partial charge in [0.25, 0.3) is 0 Å². The summed E-state index contributed by atoms with van der Waals surface area (Å²) in [7, 11) is 0. The normalized spacial score (nSPS) is 12.1. The summed E-state index contributed by atoms with van der Waals surface area (Å²) in [5.41, 5.74) is 1.94. The van der Waals surface area contributed by atoms with Gasteiger partial charge in [0, 0.05) is 0 Å². The molecule has 0 spiro atoms. The van der Waals surface area contributed by atoms with Crippen molar-refractivity contribution in [2.75, 3.05) is 6.61 Å². The van der Waals surface area contributed by atoms with Crippen LogP contribution in [0.2, 0.25) is 0 Å². The van der Waals surface area contributed by atoms with Crippen LogP contribution in [0.25, 0.3) is 6.08 Å². The van der Waals surface area contributed by atoms with Crippen molar-refractivity contribution in [1.29, 1.82) is 5.26 Å². The van der Waals surface area contributed by atoms with Crippen LogP contribution < -0.4 is 0 Å². The molecule has 0 aliphatic carbocycles. The summed E-state index contributed by atoms with van der Waals surface area (Å²) in [6.07, 6.45) is 2.11. The van der Waals surface area contributed by atoms with E-state index in [2.05, 4.69) is 27.0 Å². The van der Waals surface area contributed by atoms with Crippen molar-refractivity contribution in [3.05, 3.63) is 69.4 Å². The third kappa shape index (κ3) is 4.15. The van der Waals surface area contributed by atoms with Crippen LogP contribution in [0.15, 0.2) is 41.2 Å². The van der Waals surface area contributed by atoms with E-state index >= 15 is 0 Å². The Morgan fingerprint density at radius 2 is 2.22 bits per heavy atom. The van der Waals surface area contributed by atoms with Crippen molar-refractivity contribution in [3.8, 4) is 6.07 Å². The lowest BCUT2D eigenvalue weighted by Crippen LogP contribution is -2.05. The zero-order chi connectivity index (χ0) is 16.8. The summed E-state index contributed by atoms with van der Waals surface area (Å²) in [5.74, 6) is -0.503. The molecule has 2 rings (SSSR count). The summed E-state index contributed by atoms with van der Waals surface area (Å²) >= 11 is 3.01. The van der Waals surface area contributed by atoms with E-state index in [4.69, 9.17) is 10.00 Å². The molecule has 0 aliphatic rings. The van der Waals surface area contributed by atoms with Crippen molar-refractivity contribution < 1.29 is 14.2 Å². The number of nitrogens with zero attached hydrogens (tertiary/aromatic N) is 2. The number of aliphatic hydroxyl groups is 1. The number of halogens is 2. The largest absolute Gasteiger partial charge is 0.501 e. The number of rotatable bonds is 5. The average molecular weight is 377 g/mol. The molecule has 23 heavy (non-hydrogen) atoms. The Labute approximate surface area is 142 Å². The van der Waals surface area contributed by atoms with E-state index in [1.165, 1.54) is 18.4 Å². The first-order valence-corrected chi connectivity index (χ1v) is 7.68. The maximum Gasteiger partial charge on any atom is 0.155 e. The molecule has 0 aliphatic heterocycles. The van der Waals surface area contributed by atoms with E-state index in [1.807, 2.05) is 6.92 Å². The zero-order valence-electron chi connectivity index (χ0n) is 12.3. The van der Waals surface area contributed by atoms with E-state index in [0.29, 0.717) is 29.0 Å². The van der Waals surface area contributed by atoms with Gasteiger partial charge in [0.15, 0.2) is 5.82 Å². The van der Waals surface area contributed by atoms with E-state index < -0.39 is 11.9 Å². The highest BCUT2D eigenvalue weighted by molar-refractivity contribution is 9.10. The molecule has 1 heterocycles. The lowest BCUT2D eigenvalue weighted by Gasteiger charge is -2.14. The van der Waals surface area contributed by atoms with Crippen molar-refractivity contribution >= 4 is 22.0 Å². The third-order valence-corrected chi connectivity index (χ3v) is 3.68. The molecule has 0 amide bonds. The van der Waals surface area contributed by atoms with Crippen LogP contribution in [0.3, 0.4) is 0 Å². The topological polar surface area (TPSA) is 66.1 Å². The molecule has 4 nitrogen and oxygen atoms in total. The summed E-state index contributed by atoms with van der Waals surface area (Å²) in [5, 5.41) is 19.6. The van der Waals surface area contributed by atoms with E-state index in [0.717, 1.165) is 0 Å². The van der Waals surface area contributed by atoms with E-state index in [1.54, 1.807) is 24.3 Å². The average Bonchev–Trinajstić information content (AvgIpc) is 2.57. The highest BCUT2D eigenvalue weighted by Gasteiger charge is 2.17. The second-order valence-corrected chi connectivity index (χ2v) is 5.38. The maximum absolute atomic E-state index is 13.3. The minimum Gasteiger partial charge on any atom is -0.501 e. The molecule has 118 valence electrons. The first-order chi connectivity index (χ1) is 11.1. The zero-order valence-corrected chi connectivity index (χ0v) is 13.9. The first kappa shape index (κ1) is 17.1. The van der Waals surface area contributed by atoms with Crippen LogP contribution in [0.1, 0.15) is 35.4 Å². The third-order valence-electron chi connectivity index (χ3n) is 3.13. The number of hydrogen-bond donors (Lipinski definition) is 1. The Kier molecular flexibility index (Phi) is 5.85. The molecule has 2 aromatic rings. The number of nitriles is 1. The van der Waals surface area contributed by atoms with Crippen molar-refractivity contribution in [1.82, 2.24) is 4.98 Å². The number of benzene rings is 1. The minimum atomic E-state index is -1.05. The number of ether oxygens (including phenoxy) is 1. The molecule has 0 bridgehead atoms. The van der Waals surface area contributed by atoms with Gasteiger partial charge in [-0.1, -0.05) is 6.07 Å². The van der Waals surface area contributed by atoms with Crippen LogP contribution in [0.5, 0.6) is 0 Å². The summed E-state index contributed by atoms with van der Waals surface area (Å²) < 4.78 is 18.5. The molecule has 6 heteroatoms. The lowest BCUT2D eigenvalue weighted by atomic mass is 9.97. The number of aromatic nitrogens is 1. The quantitative estimate of drug-likeness (QED) is 0.633. The molecule has 1 aromatic heterocycles. The molecular weight excluding hydrogens is 363 g/mol. The molecule has 0 fully saturated rings. The summed E-state index contributed by atoms with van der Waals surface area (Å²) in [4.78, 5) is 4.00. The van der Waals surface area contributed by atoms with Gasteiger partial charge in [-0.15, -0.1) is 0 Å². The predicted octanol–water partition coefficient (Wildman–Crippen LogP) is 3.94. The van der Waals surface area contributed by atoms with Gasteiger partial charge in [-0.05, 0) is 64.3 Å². The van der Waals surface area contributed by atoms with Gasteiger partial charge in [0.1, 0.15) is 10.7 Å². The van der Waals surface area contributed by atoms with Gasteiger partial charge in [-0.3, -0.25) is 0 Å². The van der Waals surface area contributed by atoms with Crippen LogP contribution in [-0.4, -0.2) is 16.7 Å². The standard InChI is InChI=1S/C17H14BrFN2O2/c1-2-23-8-7-12-9-11(10-20)3-4-13(12)16(22)15-6-5-14(19)17(18)21-15/h3-9,16,22H,2H2,1H3/b8-7+. The number of pyridine rings is 1. The van der Waals surface area contributed by atoms with Crippen LogP contribution >= 0.6 is 15.9 Å². The molecule has 0 radical (unpaired) electrons. The van der Waals surface area contributed by atoms with Gasteiger partial charge in [0.2, 0.25) is 0 Å². The van der Waals surface area contributed by atoms with Crippen molar-refractivity contribution in [2.24, 2.45) is 0 Å². The first-order valence-electron chi connectivity index (χ1n) is 6.89. The molecule has 0 saturated carbocycles. The van der Waals surface area contributed by atoms with Gasteiger partial charge in [-0.2, -0.15) is 5.26 Å². The Morgan fingerprint density at radius 3 is 2.87 bits per heavy atom. The highest BCUT2D eigenvalue weighted by atomic mass is 79.9. The Morgan fingerprint density at radius 1 is 1.43 bits per heavy atom. The summed E-state index contributed by atoms with van der Waals surface area (Å²) in [6, 6.07) is 9.60. The minimum absolute atomic E-state index is 0.0362. The Balaban J connectivity index is 2.44. The fourth-order valence-electron chi connectivity index (χ4n) is 2.00. The van der Waals surface area contributed by atoms with Gasteiger partial charge < -0.3 is 9.84 Å². The molecule has 1 atom stereocenters. The van der Waals surface area contributed by atoms with E-state index in [9.17, 15) is 9.50 Å². The predicted molar refractivity (Wildman–Crippen MR) is 87.8 cm³/mol. The molecule has 1 N–H and O–H groups in total. The Bertz CT molecular complexity index is 772. The van der Waals surface area contributed by atoms with Crippen LogP contribution in [0, 0.1) is 17.1 Å². The van der Waals surface area contributed by atoms with Gasteiger partial charge >= 0.3 is 0 Å². The monoisotopic (exact) mass is 376 g/mol. The molecular formula is C17H14BrFN2O2. The van der Waals surface area contributed by atoms with Crippen LogP contribution in [-0.2, 0) is 4.74 Å². The highest BCUT2D eigenvalue weighted by Crippen LogP contribution is 2.27. The number of hydrogen-bond acceptors (Lipinski definition) is 4. The van der Waals surface area contributed by atoms with Crippen LogP contribution in [0.4, 0.5) is 4.39 Å². The number of aliphatic hydroxyl groups excluding tert-OH is 1. The molecule has 0 saturated heterocycles. The lowest BCUT2D eigenvalue weighted by molar-refractivity contribution is 0.214. The molecule has 1 aromatic carbocycles. The van der Waals surface area contributed by atoms with Crippen molar-refractivity contribution in [3.63, 3.8) is 0 Å². The molecule has 1 unspecified atom stereocenters. The fourth-order valence-corrected chi connectivity index (χ4v) is 2.34. The van der Waals surface area contributed by atoms with Gasteiger partial charge in [0.05, 0.1) is 30.2 Å². The smallest absolute Gasteiger partial charge is 0.155 e. The Hall–Kier alpha value is -2.23. The van der Waals surface area contributed by atoms with Crippen molar-refractivity contribution in [2.45, 2.75) is 13.0 Å². The maximum atomic E-state index is 13.3. The second-order valence-electron chi connectivity index (χ2n) is 4.62. The van der Waals surface area contributed by atoms with E-state index in [-0.39, 0.29) is 4.60 Å². The fraction of sp³-hybridized carbons (Fsp3) is 0.176. The second kappa shape index (κ2) is 7.86. The SMILES string of the molecule is CCO/C=C/c1cc(C#N)ccc1C(O)c1ccc(F)c(Br)n1. The summed E-state index contributed by atoms with van der Waals surface area (Å²) in [6.45, 7) is 2.37. The van der Waals surface area contributed by atoms with Gasteiger partial charge in [-0.25, -0.2) is 9.37 Å².